The standard InChI is InChI=1S/C23H28N2O2S2/c26-22(24-16-18-4-8-20(9-5-18)25-12-1-2-13-25)17-27-21-10-6-19(7-11-21)23-28-14-3-15-29-23/h4-11,23H,1-3,12-17H2,(H,24,26). The van der Waals surface area contributed by atoms with Crippen LogP contribution in [0.2, 0.25) is 0 Å². The molecule has 2 aromatic carbocycles. The summed E-state index contributed by atoms with van der Waals surface area (Å²) in [5, 5.41) is 2.94. The van der Waals surface area contributed by atoms with Crippen LogP contribution in [0, 0.1) is 0 Å². The molecular weight excluding hydrogens is 400 g/mol. The lowest BCUT2D eigenvalue weighted by Crippen LogP contribution is -2.28. The highest BCUT2D eigenvalue weighted by molar-refractivity contribution is 8.16. The number of nitrogens with zero attached hydrogens (tertiary/aromatic N) is 1. The van der Waals surface area contributed by atoms with Gasteiger partial charge in [0.15, 0.2) is 6.61 Å². The van der Waals surface area contributed by atoms with Gasteiger partial charge in [-0.25, -0.2) is 0 Å². The zero-order valence-corrected chi connectivity index (χ0v) is 18.3. The highest BCUT2D eigenvalue weighted by Gasteiger charge is 2.16. The number of ether oxygens (including phenoxy) is 1. The second kappa shape index (κ2) is 10.3. The minimum Gasteiger partial charge on any atom is -0.484 e. The fourth-order valence-electron chi connectivity index (χ4n) is 3.60. The van der Waals surface area contributed by atoms with Gasteiger partial charge in [-0.3, -0.25) is 4.79 Å². The van der Waals surface area contributed by atoms with Gasteiger partial charge in [-0.15, -0.1) is 23.5 Å². The van der Waals surface area contributed by atoms with Gasteiger partial charge in [-0.2, -0.15) is 0 Å². The molecule has 0 bridgehead atoms. The third-order valence-electron chi connectivity index (χ3n) is 5.25. The molecule has 0 spiro atoms. The Hall–Kier alpha value is -1.79. The number of hydrogen-bond donors (Lipinski definition) is 1. The van der Waals surface area contributed by atoms with Gasteiger partial charge in [0.05, 0.1) is 4.58 Å². The maximum atomic E-state index is 12.1. The summed E-state index contributed by atoms with van der Waals surface area (Å²) in [6.07, 6.45) is 3.85. The van der Waals surface area contributed by atoms with Crippen molar-refractivity contribution in [1.82, 2.24) is 5.32 Å². The molecule has 4 rings (SSSR count). The van der Waals surface area contributed by atoms with Crippen molar-refractivity contribution in [2.45, 2.75) is 30.4 Å². The maximum Gasteiger partial charge on any atom is 0.258 e. The first-order valence-electron chi connectivity index (χ1n) is 10.3. The van der Waals surface area contributed by atoms with E-state index >= 15 is 0 Å². The first-order chi connectivity index (χ1) is 14.3. The molecule has 4 nitrogen and oxygen atoms in total. The molecule has 154 valence electrons. The molecule has 2 fully saturated rings. The van der Waals surface area contributed by atoms with Crippen molar-refractivity contribution in [3.05, 3.63) is 59.7 Å². The molecule has 29 heavy (non-hydrogen) atoms. The van der Waals surface area contributed by atoms with Crippen LogP contribution >= 0.6 is 23.5 Å². The fourth-order valence-corrected chi connectivity index (χ4v) is 6.50. The Morgan fingerprint density at radius 2 is 1.66 bits per heavy atom. The molecule has 0 aliphatic carbocycles. The van der Waals surface area contributed by atoms with Gasteiger partial charge in [0.25, 0.3) is 5.91 Å². The van der Waals surface area contributed by atoms with E-state index in [-0.39, 0.29) is 12.5 Å². The lowest BCUT2D eigenvalue weighted by atomic mass is 10.2. The summed E-state index contributed by atoms with van der Waals surface area (Å²) in [6.45, 7) is 2.86. The molecule has 2 saturated heterocycles. The van der Waals surface area contributed by atoms with Crippen LogP contribution in [0.4, 0.5) is 5.69 Å². The zero-order valence-electron chi connectivity index (χ0n) is 16.6. The topological polar surface area (TPSA) is 41.6 Å². The summed E-state index contributed by atoms with van der Waals surface area (Å²) in [7, 11) is 0. The largest absolute Gasteiger partial charge is 0.484 e. The number of anilines is 1. The van der Waals surface area contributed by atoms with E-state index in [9.17, 15) is 4.79 Å². The summed E-state index contributed by atoms with van der Waals surface area (Å²) in [6, 6.07) is 16.6. The van der Waals surface area contributed by atoms with Gasteiger partial charge in [0.1, 0.15) is 5.75 Å². The van der Waals surface area contributed by atoms with E-state index in [1.807, 2.05) is 35.7 Å². The monoisotopic (exact) mass is 428 g/mol. The summed E-state index contributed by atoms with van der Waals surface area (Å²) in [5.41, 5.74) is 3.70. The number of nitrogens with one attached hydrogen (secondary N) is 1. The average molecular weight is 429 g/mol. The van der Waals surface area contributed by atoms with Gasteiger partial charge < -0.3 is 15.0 Å². The Morgan fingerprint density at radius 1 is 0.966 bits per heavy atom. The van der Waals surface area contributed by atoms with Crippen molar-refractivity contribution in [3.8, 4) is 5.75 Å². The van der Waals surface area contributed by atoms with Crippen LogP contribution in [0.5, 0.6) is 5.75 Å². The number of hydrogen-bond acceptors (Lipinski definition) is 5. The number of rotatable bonds is 7. The van der Waals surface area contributed by atoms with E-state index in [2.05, 4.69) is 46.6 Å². The zero-order chi connectivity index (χ0) is 19.9. The predicted octanol–water partition coefficient (Wildman–Crippen LogP) is 4.85. The first-order valence-corrected chi connectivity index (χ1v) is 12.4. The Kier molecular flexibility index (Phi) is 7.28. The second-order valence-electron chi connectivity index (χ2n) is 7.42. The number of amides is 1. The molecule has 0 radical (unpaired) electrons. The van der Waals surface area contributed by atoms with Crippen LogP contribution in [0.3, 0.4) is 0 Å². The van der Waals surface area contributed by atoms with E-state index in [1.165, 1.54) is 42.0 Å². The molecule has 1 amide bonds. The molecule has 0 aromatic heterocycles. The number of carbonyl (C=O) groups excluding carboxylic acids is 1. The Balaban J connectivity index is 1.19. The summed E-state index contributed by atoms with van der Waals surface area (Å²) >= 11 is 4.02. The highest BCUT2D eigenvalue weighted by Crippen LogP contribution is 2.43. The molecule has 0 unspecified atom stereocenters. The SMILES string of the molecule is O=C(COc1ccc(C2SCCCS2)cc1)NCc1ccc(N2CCCC2)cc1. The summed E-state index contributed by atoms with van der Waals surface area (Å²) in [4.78, 5) is 14.5. The molecule has 0 atom stereocenters. The van der Waals surface area contributed by atoms with Crippen molar-refractivity contribution >= 4 is 35.1 Å². The van der Waals surface area contributed by atoms with E-state index in [4.69, 9.17) is 4.74 Å². The van der Waals surface area contributed by atoms with E-state index < -0.39 is 0 Å². The van der Waals surface area contributed by atoms with E-state index in [0.717, 1.165) is 24.4 Å². The Bertz CT molecular complexity index is 784. The molecule has 2 aliphatic rings. The van der Waals surface area contributed by atoms with Crippen molar-refractivity contribution in [1.29, 1.82) is 0 Å². The van der Waals surface area contributed by atoms with Gasteiger partial charge in [-0.05, 0) is 66.2 Å². The molecule has 6 heteroatoms. The Labute approximate surface area is 181 Å². The lowest BCUT2D eigenvalue weighted by molar-refractivity contribution is -0.123. The predicted molar refractivity (Wildman–Crippen MR) is 124 cm³/mol. The smallest absolute Gasteiger partial charge is 0.258 e. The lowest BCUT2D eigenvalue weighted by Gasteiger charge is -2.21. The second-order valence-corrected chi connectivity index (χ2v) is 10.1. The molecule has 1 N–H and O–H groups in total. The van der Waals surface area contributed by atoms with E-state index in [1.54, 1.807) is 0 Å². The van der Waals surface area contributed by atoms with Crippen molar-refractivity contribution in [2.24, 2.45) is 0 Å². The quantitative estimate of drug-likeness (QED) is 0.683. The highest BCUT2D eigenvalue weighted by atomic mass is 32.2. The summed E-state index contributed by atoms with van der Waals surface area (Å²) < 4.78 is 6.18. The minimum atomic E-state index is -0.101. The van der Waals surface area contributed by atoms with Gasteiger partial charge in [0.2, 0.25) is 0 Å². The van der Waals surface area contributed by atoms with Crippen molar-refractivity contribution in [3.63, 3.8) is 0 Å². The molecular formula is C23H28N2O2S2. The third kappa shape index (κ3) is 5.86. The molecule has 2 aromatic rings. The minimum absolute atomic E-state index is 0.0398. The Morgan fingerprint density at radius 3 is 2.34 bits per heavy atom. The molecule has 2 heterocycles. The van der Waals surface area contributed by atoms with Crippen LogP contribution < -0.4 is 15.0 Å². The average Bonchev–Trinajstić information content (AvgIpc) is 3.33. The third-order valence-corrected chi connectivity index (χ3v) is 8.26. The number of benzene rings is 2. The van der Waals surface area contributed by atoms with Gasteiger partial charge >= 0.3 is 0 Å². The van der Waals surface area contributed by atoms with Crippen LogP contribution in [-0.2, 0) is 11.3 Å². The number of thioether (sulfide) groups is 2. The number of carbonyl (C=O) groups is 1. The van der Waals surface area contributed by atoms with Crippen molar-refractivity contribution in [2.75, 3.05) is 36.1 Å². The normalized spacial score (nSPS) is 17.3. The molecule has 0 saturated carbocycles. The summed E-state index contributed by atoms with van der Waals surface area (Å²) in [5.74, 6) is 3.11. The van der Waals surface area contributed by atoms with Crippen molar-refractivity contribution < 1.29 is 9.53 Å². The fraction of sp³-hybridized carbons (Fsp3) is 0.435. The maximum absolute atomic E-state index is 12.1. The van der Waals surface area contributed by atoms with Crippen LogP contribution in [0.15, 0.2) is 48.5 Å². The van der Waals surface area contributed by atoms with Crippen LogP contribution in [0.25, 0.3) is 0 Å². The van der Waals surface area contributed by atoms with Crippen LogP contribution in [-0.4, -0.2) is 37.1 Å². The van der Waals surface area contributed by atoms with E-state index in [0.29, 0.717) is 11.1 Å². The van der Waals surface area contributed by atoms with Crippen LogP contribution in [0.1, 0.15) is 35.0 Å². The van der Waals surface area contributed by atoms with Gasteiger partial charge in [-0.1, -0.05) is 24.3 Å². The van der Waals surface area contributed by atoms with Gasteiger partial charge in [0, 0.05) is 25.3 Å². The first kappa shape index (κ1) is 20.5. The molecule has 2 aliphatic heterocycles.